The molecule has 20 heavy (non-hydrogen) atoms. The Morgan fingerprint density at radius 1 is 1.55 bits per heavy atom. The van der Waals surface area contributed by atoms with Gasteiger partial charge < -0.3 is 21.5 Å². The molecule has 0 aliphatic heterocycles. The van der Waals surface area contributed by atoms with Crippen molar-refractivity contribution >= 4 is 27.9 Å². The Balaban J connectivity index is 1.82. The molecule has 6 nitrogen and oxygen atoms in total. The summed E-state index contributed by atoms with van der Waals surface area (Å²) in [6, 6.07) is 1.96. The SMILES string of the molecule is N#Cc1sc(NCCCOCC2CC2)c(C(N)=O)c1N. The molecular weight excluding hydrogens is 276 g/mol. The van der Waals surface area contributed by atoms with Gasteiger partial charge in [-0.25, -0.2) is 0 Å². The van der Waals surface area contributed by atoms with E-state index in [9.17, 15) is 4.79 Å². The first-order chi connectivity index (χ1) is 9.63. The molecule has 0 unspecified atom stereocenters. The van der Waals surface area contributed by atoms with Crippen molar-refractivity contribution in [2.75, 3.05) is 30.8 Å². The maximum atomic E-state index is 11.4. The highest BCUT2D eigenvalue weighted by atomic mass is 32.1. The minimum Gasteiger partial charge on any atom is -0.396 e. The summed E-state index contributed by atoms with van der Waals surface area (Å²) in [6.07, 6.45) is 3.39. The molecule has 0 radical (unpaired) electrons. The zero-order chi connectivity index (χ0) is 14.5. The number of thiophene rings is 1. The zero-order valence-electron chi connectivity index (χ0n) is 11.1. The number of hydrogen-bond donors (Lipinski definition) is 3. The summed E-state index contributed by atoms with van der Waals surface area (Å²) < 4.78 is 5.52. The number of amides is 1. The first-order valence-corrected chi connectivity index (χ1v) is 7.39. The number of nitrogen functional groups attached to an aromatic ring is 1. The van der Waals surface area contributed by atoms with Gasteiger partial charge in [0, 0.05) is 19.8 Å². The summed E-state index contributed by atoms with van der Waals surface area (Å²) >= 11 is 1.15. The molecule has 0 aromatic carbocycles. The van der Waals surface area contributed by atoms with Crippen molar-refractivity contribution in [2.24, 2.45) is 11.7 Å². The quantitative estimate of drug-likeness (QED) is 0.629. The van der Waals surface area contributed by atoms with E-state index in [4.69, 9.17) is 21.5 Å². The monoisotopic (exact) mass is 294 g/mol. The van der Waals surface area contributed by atoms with Crippen molar-refractivity contribution in [1.29, 1.82) is 5.26 Å². The Bertz CT molecular complexity index is 531. The van der Waals surface area contributed by atoms with E-state index in [1.807, 2.05) is 6.07 Å². The molecule has 2 rings (SSSR count). The third-order valence-corrected chi connectivity index (χ3v) is 4.16. The lowest BCUT2D eigenvalue weighted by atomic mass is 10.2. The molecule has 1 aliphatic rings. The molecule has 0 bridgehead atoms. The number of hydrogen-bond acceptors (Lipinski definition) is 6. The fourth-order valence-electron chi connectivity index (χ4n) is 1.81. The zero-order valence-corrected chi connectivity index (χ0v) is 12.0. The van der Waals surface area contributed by atoms with Crippen molar-refractivity contribution < 1.29 is 9.53 Å². The molecule has 0 spiro atoms. The topological polar surface area (TPSA) is 114 Å². The lowest BCUT2D eigenvalue weighted by Gasteiger charge is -2.06. The number of carbonyl (C=O) groups is 1. The van der Waals surface area contributed by atoms with Crippen LogP contribution in [0.25, 0.3) is 0 Å². The molecule has 0 atom stereocenters. The summed E-state index contributed by atoms with van der Waals surface area (Å²) in [5.74, 6) is 0.146. The first kappa shape index (κ1) is 14.6. The van der Waals surface area contributed by atoms with Crippen LogP contribution in [0.3, 0.4) is 0 Å². The second-order valence-electron chi connectivity index (χ2n) is 4.82. The molecule has 1 heterocycles. The van der Waals surface area contributed by atoms with Crippen LogP contribution >= 0.6 is 11.3 Å². The van der Waals surface area contributed by atoms with E-state index in [0.717, 1.165) is 30.3 Å². The fraction of sp³-hybridized carbons (Fsp3) is 0.538. The Morgan fingerprint density at radius 2 is 2.30 bits per heavy atom. The van der Waals surface area contributed by atoms with Gasteiger partial charge in [-0.3, -0.25) is 4.79 Å². The maximum absolute atomic E-state index is 11.4. The Morgan fingerprint density at radius 3 is 2.90 bits per heavy atom. The molecule has 1 amide bonds. The van der Waals surface area contributed by atoms with Crippen molar-refractivity contribution in [3.8, 4) is 6.07 Å². The van der Waals surface area contributed by atoms with Crippen LogP contribution in [0, 0.1) is 17.2 Å². The molecule has 108 valence electrons. The number of primary amides is 1. The highest BCUT2D eigenvalue weighted by Crippen LogP contribution is 2.34. The standard InChI is InChI=1S/C13H18N4O2S/c14-6-9-11(15)10(12(16)18)13(20-9)17-4-1-5-19-7-8-2-3-8/h8,17H,1-5,7,15H2,(H2,16,18). The van der Waals surface area contributed by atoms with Gasteiger partial charge in [-0.2, -0.15) is 5.26 Å². The summed E-state index contributed by atoms with van der Waals surface area (Å²) in [6.45, 7) is 2.17. The third-order valence-electron chi connectivity index (χ3n) is 3.09. The number of nitriles is 1. The minimum atomic E-state index is -0.618. The first-order valence-electron chi connectivity index (χ1n) is 6.57. The van der Waals surface area contributed by atoms with Crippen LogP contribution in [0.5, 0.6) is 0 Å². The van der Waals surface area contributed by atoms with E-state index in [2.05, 4.69) is 5.32 Å². The van der Waals surface area contributed by atoms with E-state index in [0.29, 0.717) is 23.0 Å². The number of ether oxygens (including phenoxy) is 1. The molecule has 1 aromatic rings. The highest BCUT2D eigenvalue weighted by Gasteiger charge is 2.21. The number of carbonyl (C=O) groups excluding carboxylic acids is 1. The number of nitrogens with one attached hydrogen (secondary N) is 1. The average Bonchev–Trinajstić information content (AvgIpc) is 3.17. The Kier molecular flexibility index (Phi) is 4.82. The van der Waals surface area contributed by atoms with Crippen LogP contribution in [0.15, 0.2) is 0 Å². The molecule has 5 N–H and O–H groups in total. The summed E-state index contributed by atoms with van der Waals surface area (Å²) in [5, 5.41) is 12.6. The number of nitrogens with two attached hydrogens (primary N) is 2. The van der Waals surface area contributed by atoms with Gasteiger partial charge >= 0.3 is 0 Å². The Labute approximate surface area is 121 Å². The maximum Gasteiger partial charge on any atom is 0.253 e. The van der Waals surface area contributed by atoms with Crippen LogP contribution < -0.4 is 16.8 Å². The summed E-state index contributed by atoms with van der Waals surface area (Å²) in [5.41, 5.74) is 11.4. The predicted molar refractivity (Wildman–Crippen MR) is 78.6 cm³/mol. The largest absolute Gasteiger partial charge is 0.396 e. The smallest absolute Gasteiger partial charge is 0.253 e. The molecular formula is C13H18N4O2S. The van der Waals surface area contributed by atoms with Crippen LogP contribution in [0.2, 0.25) is 0 Å². The molecule has 1 aliphatic carbocycles. The lowest BCUT2D eigenvalue weighted by molar-refractivity contribution is 0.100. The van der Waals surface area contributed by atoms with Crippen molar-refractivity contribution in [1.82, 2.24) is 0 Å². The van der Waals surface area contributed by atoms with Gasteiger partial charge in [-0.15, -0.1) is 11.3 Å². The normalized spacial score (nSPS) is 13.9. The molecule has 1 aromatic heterocycles. The predicted octanol–water partition coefficient (Wildman–Crippen LogP) is 1.53. The van der Waals surface area contributed by atoms with Gasteiger partial charge in [-0.1, -0.05) is 0 Å². The molecule has 1 saturated carbocycles. The van der Waals surface area contributed by atoms with Gasteiger partial charge in [0.1, 0.15) is 15.9 Å². The second-order valence-corrected chi connectivity index (χ2v) is 5.84. The van der Waals surface area contributed by atoms with E-state index >= 15 is 0 Å². The number of rotatable bonds is 8. The van der Waals surface area contributed by atoms with Gasteiger partial charge in [-0.05, 0) is 25.2 Å². The molecule has 0 saturated heterocycles. The highest BCUT2D eigenvalue weighted by molar-refractivity contribution is 7.17. The third kappa shape index (κ3) is 3.62. The number of nitrogens with zero attached hydrogens (tertiary/aromatic N) is 1. The summed E-state index contributed by atoms with van der Waals surface area (Å²) in [4.78, 5) is 11.7. The van der Waals surface area contributed by atoms with Gasteiger partial charge in [0.05, 0.1) is 11.3 Å². The van der Waals surface area contributed by atoms with Crippen LogP contribution in [0.1, 0.15) is 34.5 Å². The molecule has 1 fully saturated rings. The van der Waals surface area contributed by atoms with Crippen LogP contribution in [-0.4, -0.2) is 25.7 Å². The van der Waals surface area contributed by atoms with Gasteiger partial charge in [0.15, 0.2) is 0 Å². The van der Waals surface area contributed by atoms with Gasteiger partial charge in [0.25, 0.3) is 5.91 Å². The van der Waals surface area contributed by atoms with Gasteiger partial charge in [0.2, 0.25) is 0 Å². The Hall–Kier alpha value is -1.78. The van der Waals surface area contributed by atoms with Crippen molar-refractivity contribution in [2.45, 2.75) is 19.3 Å². The van der Waals surface area contributed by atoms with Crippen molar-refractivity contribution in [3.63, 3.8) is 0 Å². The fourth-order valence-corrected chi connectivity index (χ4v) is 2.76. The van der Waals surface area contributed by atoms with E-state index in [1.165, 1.54) is 12.8 Å². The van der Waals surface area contributed by atoms with E-state index in [-0.39, 0.29) is 11.3 Å². The van der Waals surface area contributed by atoms with E-state index < -0.39 is 5.91 Å². The second kappa shape index (κ2) is 6.59. The summed E-state index contributed by atoms with van der Waals surface area (Å²) in [7, 11) is 0. The van der Waals surface area contributed by atoms with Crippen LogP contribution in [0.4, 0.5) is 10.7 Å². The van der Waals surface area contributed by atoms with Crippen LogP contribution in [-0.2, 0) is 4.74 Å². The van der Waals surface area contributed by atoms with Crippen molar-refractivity contribution in [3.05, 3.63) is 10.4 Å². The molecule has 7 heteroatoms. The lowest BCUT2D eigenvalue weighted by Crippen LogP contribution is -2.15. The number of anilines is 2. The average molecular weight is 294 g/mol. The minimum absolute atomic E-state index is 0.164. The van der Waals surface area contributed by atoms with E-state index in [1.54, 1.807) is 0 Å².